The second-order valence-corrected chi connectivity index (χ2v) is 4.54. The molecule has 0 spiro atoms. The lowest BCUT2D eigenvalue weighted by molar-refractivity contribution is -0.141. The van der Waals surface area contributed by atoms with E-state index in [0.29, 0.717) is 17.9 Å². The van der Waals surface area contributed by atoms with Crippen molar-refractivity contribution >= 4 is 29.1 Å². The lowest BCUT2D eigenvalue weighted by Gasteiger charge is -2.09. The number of fused-ring (bicyclic) bond motifs is 1. The number of amides is 1. The second kappa shape index (κ2) is 6.69. The van der Waals surface area contributed by atoms with Crippen molar-refractivity contribution in [2.75, 3.05) is 6.54 Å². The first-order valence-electron chi connectivity index (χ1n) is 6.64. The van der Waals surface area contributed by atoms with Gasteiger partial charge in [0.25, 0.3) is 0 Å². The SMILES string of the molecule is CCC(CNC(=O)C=Cc1nc2ccccc2o1)C(=O)O. The number of hydrogen-bond acceptors (Lipinski definition) is 4. The number of aromatic nitrogens is 1. The third-order valence-corrected chi connectivity index (χ3v) is 3.05. The van der Waals surface area contributed by atoms with Gasteiger partial charge in [-0.3, -0.25) is 9.59 Å². The number of rotatable bonds is 6. The van der Waals surface area contributed by atoms with Crippen LogP contribution < -0.4 is 5.32 Å². The average Bonchev–Trinajstić information content (AvgIpc) is 2.88. The Morgan fingerprint density at radius 3 is 2.86 bits per heavy atom. The number of para-hydroxylation sites is 2. The van der Waals surface area contributed by atoms with Gasteiger partial charge in [-0.15, -0.1) is 0 Å². The number of nitrogens with zero attached hydrogens (tertiary/aromatic N) is 1. The molecule has 1 unspecified atom stereocenters. The molecular weight excluding hydrogens is 272 g/mol. The zero-order valence-electron chi connectivity index (χ0n) is 11.6. The number of carboxylic acid groups (broad SMARTS) is 1. The summed E-state index contributed by atoms with van der Waals surface area (Å²) in [6.07, 6.45) is 3.20. The summed E-state index contributed by atoms with van der Waals surface area (Å²) in [5.41, 5.74) is 1.36. The zero-order chi connectivity index (χ0) is 15.2. The van der Waals surface area contributed by atoms with Crippen LogP contribution in [0, 0.1) is 5.92 Å². The average molecular weight is 288 g/mol. The highest BCUT2D eigenvalue weighted by molar-refractivity contribution is 5.91. The van der Waals surface area contributed by atoms with E-state index in [0.717, 1.165) is 5.52 Å². The minimum absolute atomic E-state index is 0.0998. The Balaban J connectivity index is 1.94. The van der Waals surface area contributed by atoms with E-state index in [4.69, 9.17) is 9.52 Å². The monoisotopic (exact) mass is 288 g/mol. The Kier molecular flexibility index (Phi) is 4.71. The van der Waals surface area contributed by atoms with E-state index in [-0.39, 0.29) is 12.5 Å². The third-order valence-electron chi connectivity index (χ3n) is 3.05. The van der Waals surface area contributed by atoms with Gasteiger partial charge in [0, 0.05) is 18.7 Å². The second-order valence-electron chi connectivity index (χ2n) is 4.54. The van der Waals surface area contributed by atoms with Gasteiger partial charge in [-0.1, -0.05) is 19.1 Å². The van der Waals surface area contributed by atoms with Crippen molar-refractivity contribution in [2.45, 2.75) is 13.3 Å². The van der Waals surface area contributed by atoms with Gasteiger partial charge >= 0.3 is 5.97 Å². The summed E-state index contributed by atoms with van der Waals surface area (Å²) in [5, 5.41) is 11.4. The summed E-state index contributed by atoms with van der Waals surface area (Å²) >= 11 is 0. The summed E-state index contributed by atoms with van der Waals surface area (Å²) in [6, 6.07) is 7.29. The normalized spacial score (nSPS) is 12.6. The van der Waals surface area contributed by atoms with Gasteiger partial charge in [0.05, 0.1) is 5.92 Å². The van der Waals surface area contributed by atoms with Crippen LogP contribution in [0.2, 0.25) is 0 Å². The first-order chi connectivity index (χ1) is 10.1. The molecule has 0 saturated carbocycles. The smallest absolute Gasteiger partial charge is 0.308 e. The van der Waals surface area contributed by atoms with Crippen molar-refractivity contribution in [3.63, 3.8) is 0 Å². The minimum atomic E-state index is -0.916. The fraction of sp³-hybridized carbons (Fsp3) is 0.267. The molecule has 0 aliphatic carbocycles. The molecule has 1 heterocycles. The maximum absolute atomic E-state index is 11.6. The van der Waals surface area contributed by atoms with E-state index in [9.17, 15) is 9.59 Å². The Labute approximate surface area is 121 Å². The molecule has 1 amide bonds. The zero-order valence-corrected chi connectivity index (χ0v) is 11.6. The number of nitrogens with one attached hydrogen (secondary N) is 1. The molecule has 6 heteroatoms. The van der Waals surface area contributed by atoms with Gasteiger partial charge in [0.15, 0.2) is 5.58 Å². The van der Waals surface area contributed by atoms with Crippen LogP contribution in [0.5, 0.6) is 0 Å². The maximum atomic E-state index is 11.6. The molecule has 2 rings (SSSR count). The Morgan fingerprint density at radius 2 is 2.19 bits per heavy atom. The van der Waals surface area contributed by atoms with Crippen LogP contribution in [0.4, 0.5) is 0 Å². The van der Waals surface area contributed by atoms with Crippen molar-refractivity contribution in [2.24, 2.45) is 5.92 Å². The van der Waals surface area contributed by atoms with E-state index in [1.54, 1.807) is 13.0 Å². The van der Waals surface area contributed by atoms with Crippen molar-refractivity contribution in [1.82, 2.24) is 10.3 Å². The van der Waals surface area contributed by atoms with Crippen LogP contribution in [0.3, 0.4) is 0 Å². The number of carbonyl (C=O) groups excluding carboxylic acids is 1. The van der Waals surface area contributed by atoms with Gasteiger partial charge in [0.2, 0.25) is 11.8 Å². The standard InChI is InChI=1S/C15H16N2O4/c1-2-10(15(19)20)9-16-13(18)7-8-14-17-11-5-3-4-6-12(11)21-14/h3-8,10H,2,9H2,1H3,(H,16,18)(H,19,20). The maximum Gasteiger partial charge on any atom is 0.308 e. The molecule has 1 aromatic heterocycles. The number of oxazole rings is 1. The van der Waals surface area contributed by atoms with Crippen LogP contribution in [-0.2, 0) is 9.59 Å². The molecule has 6 nitrogen and oxygen atoms in total. The molecule has 1 aromatic carbocycles. The third kappa shape index (κ3) is 3.92. The van der Waals surface area contributed by atoms with Gasteiger partial charge in [0.1, 0.15) is 5.52 Å². The number of carboxylic acids is 1. The van der Waals surface area contributed by atoms with E-state index in [1.807, 2.05) is 18.2 Å². The molecule has 2 N–H and O–H groups in total. The molecule has 21 heavy (non-hydrogen) atoms. The highest BCUT2D eigenvalue weighted by atomic mass is 16.4. The number of aliphatic carboxylic acids is 1. The molecule has 1 atom stereocenters. The lowest BCUT2D eigenvalue weighted by atomic mass is 10.1. The Morgan fingerprint density at radius 1 is 1.43 bits per heavy atom. The van der Waals surface area contributed by atoms with Crippen molar-refractivity contribution in [3.8, 4) is 0 Å². The van der Waals surface area contributed by atoms with Crippen molar-refractivity contribution in [1.29, 1.82) is 0 Å². The predicted molar refractivity (Wildman–Crippen MR) is 77.5 cm³/mol. The molecular formula is C15H16N2O4. The summed E-state index contributed by atoms with van der Waals surface area (Å²) in [7, 11) is 0. The van der Waals surface area contributed by atoms with Crippen molar-refractivity contribution < 1.29 is 19.1 Å². The molecule has 0 radical (unpaired) electrons. The van der Waals surface area contributed by atoms with Crippen LogP contribution in [0.1, 0.15) is 19.2 Å². The van der Waals surface area contributed by atoms with E-state index in [2.05, 4.69) is 10.3 Å². The van der Waals surface area contributed by atoms with E-state index in [1.165, 1.54) is 12.2 Å². The quantitative estimate of drug-likeness (QED) is 0.794. The highest BCUT2D eigenvalue weighted by Crippen LogP contribution is 2.15. The number of carbonyl (C=O) groups is 2. The van der Waals surface area contributed by atoms with Gasteiger partial charge < -0.3 is 14.8 Å². The fourth-order valence-electron chi connectivity index (χ4n) is 1.80. The molecule has 0 aliphatic heterocycles. The molecule has 110 valence electrons. The predicted octanol–water partition coefficient (Wildman–Crippen LogP) is 2.07. The van der Waals surface area contributed by atoms with Gasteiger partial charge in [-0.2, -0.15) is 0 Å². The Hall–Kier alpha value is -2.63. The molecule has 2 aromatic rings. The topological polar surface area (TPSA) is 92.4 Å². The summed E-state index contributed by atoms with van der Waals surface area (Å²) in [6.45, 7) is 1.86. The number of benzene rings is 1. The minimum Gasteiger partial charge on any atom is -0.481 e. The summed E-state index contributed by atoms with van der Waals surface area (Å²) in [4.78, 5) is 26.6. The molecule has 0 fully saturated rings. The lowest BCUT2D eigenvalue weighted by Crippen LogP contribution is -2.31. The molecule has 0 bridgehead atoms. The van der Waals surface area contributed by atoms with Gasteiger partial charge in [-0.25, -0.2) is 4.98 Å². The summed E-state index contributed by atoms with van der Waals surface area (Å²) in [5.74, 6) is -1.54. The largest absolute Gasteiger partial charge is 0.481 e. The first-order valence-corrected chi connectivity index (χ1v) is 6.64. The van der Waals surface area contributed by atoms with Crippen LogP contribution >= 0.6 is 0 Å². The van der Waals surface area contributed by atoms with Crippen molar-refractivity contribution in [3.05, 3.63) is 36.2 Å². The Bertz CT molecular complexity index is 642. The van der Waals surface area contributed by atoms with Crippen LogP contribution in [0.25, 0.3) is 17.2 Å². The fourth-order valence-corrected chi connectivity index (χ4v) is 1.80. The summed E-state index contributed by atoms with van der Waals surface area (Å²) < 4.78 is 5.43. The highest BCUT2D eigenvalue weighted by Gasteiger charge is 2.15. The molecule has 0 aliphatic rings. The van der Waals surface area contributed by atoms with Gasteiger partial charge in [-0.05, 0) is 18.6 Å². The first kappa shape index (κ1) is 14.8. The molecule has 0 saturated heterocycles. The number of hydrogen-bond donors (Lipinski definition) is 2. The van der Waals surface area contributed by atoms with E-state index >= 15 is 0 Å². The van der Waals surface area contributed by atoms with E-state index < -0.39 is 11.9 Å². The van der Waals surface area contributed by atoms with Crippen LogP contribution in [-0.4, -0.2) is 28.5 Å². The van der Waals surface area contributed by atoms with Crippen LogP contribution in [0.15, 0.2) is 34.8 Å².